The molecule has 2 fully saturated rings. The highest BCUT2D eigenvalue weighted by molar-refractivity contribution is 5.91. The Morgan fingerprint density at radius 1 is 1.43 bits per heavy atom. The van der Waals surface area contributed by atoms with E-state index in [1.54, 1.807) is 0 Å². The highest BCUT2D eigenvalue weighted by Crippen LogP contribution is 2.35. The Balaban J connectivity index is 1.91. The Morgan fingerprint density at radius 3 is 2.57 bits per heavy atom. The van der Waals surface area contributed by atoms with E-state index < -0.39 is 11.5 Å². The molecule has 0 aromatic heterocycles. The van der Waals surface area contributed by atoms with Crippen LogP contribution in [-0.4, -0.2) is 35.1 Å². The van der Waals surface area contributed by atoms with Crippen molar-refractivity contribution in [2.24, 2.45) is 0 Å². The van der Waals surface area contributed by atoms with Crippen LogP contribution >= 0.6 is 0 Å². The third kappa shape index (κ3) is 1.59. The fraction of sp³-hybridized carbons (Fsp3) is 0.778. The molecule has 5 nitrogen and oxygen atoms in total. The normalized spacial score (nSPS) is 28.4. The van der Waals surface area contributed by atoms with Gasteiger partial charge in [0.25, 0.3) is 0 Å². The van der Waals surface area contributed by atoms with Crippen LogP contribution in [0.25, 0.3) is 0 Å². The molecular formula is C9H14N2O3. The molecule has 1 saturated heterocycles. The summed E-state index contributed by atoms with van der Waals surface area (Å²) in [6, 6.07) is -0.188. The lowest BCUT2D eigenvalue weighted by Crippen LogP contribution is -2.49. The summed E-state index contributed by atoms with van der Waals surface area (Å²) in [6.45, 7) is 0.845. The van der Waals surface area contributed by atoms with Gasteiger partial charge in [0, 0.05) is 0 Å². The van der Waals surface area contributed by atoms with Crippen molar-refractivity contribution in [1.82, 2.24) is 10.6 Å². The minimum absolute atomic E-state index is 0.164. The van der Waals surface area contributed by atoms with Crippen LogP contribution in [0.4, 0.5) is 0 Å². The summed E-state index contributed by atoms with van der Waals surface area (Å²) in [6.07, 6.45) is 2.90. The molecule has 0 spiro atoms. The molecule has 2 aliphatic rings. The van der Waals surface area contributed by atoms with E-state index in [1.807, 2.05) is 0 Å². The lowest BCUT2D eigenvalue weighted by molar-refractivity contribution is -0.143. The van der Waals surface area contributed by atoms with Gasteiger partial charge in [0.05, 0.1) is 6.04 Å². The summed E-state index contributed by atoms with van der Waals surface area (Å²) >= 11 is 0. The predicted octanol–water partition coefficient (Wildman–Crippen LogP) is -0.528. The number of carboxylic acid groups (broad SMARTS) is 1. The summed E-state index contributed by atoms with van der Waals surface area (Å²) in [5.41, 5.74) is -0.943. The zero-order chi connectivity index (χ0) is 10.2. The molecule has 5 heteroatoms. The fourth-order valence-corrected chi connectivity index (χ4v) is 1.75. The summed E-state index contributed by atoms with van der Waals surface area (Å²) in [7, 11) is 0. The lowest BCUT2D eigenvalue weighted by atomic mass is 10.2. The van der Waals surface area contributed by atoms with Gasteiger partial charge >= 0.3 is 5.97 Å². The van der Waals surface area contributed by atoms with Crippen LogP contribution in [-0.2, 0) is 9.59 Å². The summed E-state index contributed by atoms with van der Waals surface area (Å²) in [4.78, 5) is 22.4. The zero-order valence-corrected chi connectivity index (χ0v) is 7.88. The standard InChI is InChI=1S/C9H14N2O3/c12-7(6-2-1-5-10-6)11-9(3-4-9)8(13)14/h6,10H,1-5H2,(H,11,12)(H,13,14)/t6-/m1/s1. The van der Waals surface area contributed by atoms with E-state index in [0.29, 0.717) is 12.8 Å². The van der Waals surface area contributed by atoms with E-state index >= 15 is 0 Å². The van der Waals surface area contributed by atoms with Gasteiger partial charge in [-0.25, -0.2) is 4.79 Å². The van der Waals surface area contributed by atoms with Crippen molar-refractivity contribution in [3.05, 3.63) is 0 Å². The van der Waals surface area contributed by atoms with Gasteiger partial charge in [0.15, 0.2) is 0 Å². The highest BCUT2D eigenvalue weighted by Gasteiger charge is 2.52. The van der Waals surface area contributed by atoms with Crippen LogP contribution < -0.4 is 10.6 Å². The number of carbonyl (C=O) groups is 2. The predicted molar refractivity (Wildman–Crippen MR) is 48.8 cm³/mol. The molecule has 14 heavy (non-hydrogen) atoms. The smallest absolute Gasteiger partial charge is 0.329 e. The van der Waals surface area contributed by atoms with Gasteiger partial charge in [-0.3, -0.25) is 4.79 Å². The average molecular weight is 198 g/mol. The van der Waals surface area contributed by atoms with Crippen molar-refractivity contribution in [1.29, 1.82) is 0 Å². The first-order valence-corrected chi connectivity index (χ1v) is 4.93. The zero-order valence-electron chi connectivity index (χ0n) is 7.88. The largest absolute Gasteiger partial charge is 0.480 e. The first-order chi connectivity index (χ1) is 6.64. The second-order valence-corrected chi connectivity index (χ2v) is 4.03. The third-order valence-electron chi connectivity index (χ3n) is 2.90. The summed E-state index contributed by atoms with van der Waals surface area (Å²) < 4.78 is 0. The maximum atomic E-state index is 11.6. The van der Waals surface area contributed by atoms with E-state index in [9.17, 15) is 9.59 Å². The van der Waals surface area contributed by atoms with E-state index in [1.165, 1.54) is 0 Å². The van der Waals surface area contributed by atoms with Crippen LogP contribution in [0.1, 0.15) is 25.7 Å². The van der Waals surface area contributed by atoms with Gasteiger partial charge in [-0.2, -0.15) is 0 Å². The molecular weight excluding hydrogens is 184 g/mol. The van der Waals surface area contributed by atoms with Crippen LogP contribution in [0.15, 0.2) is 0 Å². The molecule has 3 N–H and O–H groups in total. The molecule has 1 saturated carbocycles. The minimum Gasteiger partial charge on any atom is -0.480 e. The van der Waals surface area contributed by atoms with Crippen molar-refractivity contribution in [3.63, 3.8) is 0 Å². The van der Waals surface area contributed by atoms with Gasteiger partial charge < -0.3 is 15.7 Å². The third-order valence-corrected chi connectivity index (χ3v) is 2.90. The molecule has 0 radical (unpaired) electrons. The topological polar surface area (TPSA) is 78.4 Å². The quantitative estimate of drug-likeness (QED) is 0.569. The molecule has 1 aliphatic carbocycles. The molecule has 2 rings (SSSR count). The van der Waals surface area contributed by atoms with Crippen LogP contribution in [0.3, 0.4) is 0 Å². The lowest BCUT2D eigenvalue weighted by Gasteiger charge is -2.16. The average Bonchev–Trinajstić information content (AvgIpc) is 2.74. The number of nitrogens with one attached hydrogen (secondary N) is 2. The Morgan fingerprint density at radius 2 is 2.14 bits per heavy atom. The monoisotopic (exact) mass is 198 g/mol. The molecule has 1 atom stereocenters. The van der Waals surface area contributed by atoms with Crippen LogP contribution in [0, 0.1) is 0 Å². The molecule has 1 aliphatic heterocycles. The number of carboxylic acids is 1. The number of hydrogen-bond acceptors (Lipinski definition) is 3. The number of rotatable bonds is 3. The second-order valence-electron chi connectivity index (χ2n) is 4.03. The Kier molecular flexibility index (Phi) is 2.19. The second kappa shape index (κ2) is 3.24. The Labute approximate surface area is 81.9 Å². The van der Waals surface area contributed by atoms with E-state index in [4.69, 9.17) is 5.11 Å². The van der Waals surface area contributed by atoms with Crippen molar-refractivity contribution in [2.75, 3.05) is 6.54 Å². The van der Waals surface area contributed by atoms with E-state index in [-0.39, 0.29) is 11.9 Å². The summed E-state index contributed by atoms with van der Waals surface area (Å²) in [5.74, 6) is -1.08. The molecule has 1 heterocycles. The van der Waals surface area contributed by atoms with Gasteiger partial charge in [-0.05, 0) is 32.2 Å². The summed E-state index contributed by atoms with van der Waals surface area (Å²) in [5, 5.41) is 14.5. The van der Waals surface area contributed by atoms with Gasteiger partial charge in [0.2, 0.25) is 5.91 Å². The van der Waals surface area contributed by atoms with Crippen molar-refractivity contribution in [2.45, 2.75) is 37.3 Å². The number of amides is 1. The van der Waals surface area contributed by atoms with E-state index in [2.05, 4.69) is 10.6 Å². The highest BCUT2D eigenvalue weighted by atomic mass is 16.4. The minimum atomic E-state index is -0.943. The Bertz CT molecular complexity index is 267. The maximum Gasteiger partial charge on any atom is 0.329 e. The van der Waals surface area contributed by atoms with Crippen LogP contribution in [0.5, 0.6) is 0 Å². The molecule has 0 bridgehead atoms. The molecule has 1 amide bonds. The van der Waals surface area contributed by atoms with Gasteiger partial charge in [-0.15, -0.1) is 0 Å². The molecule has 0 unspecified atom stereocenters. The molecule has 78 valence electrons. The maximum absolute atomic E-state index is 11.6. The number of hydrogen-bond donors (Lipinski definition) is 3. The van der Waals surface area contributed by atoms with Gasteiger partial charge in [-0.1, -0.05) is 0 Å². The van der Waals surface area contributed by atoms with Crippen molar-refractivity contribution in [3.8, 4) is 0 Å². The van der Waals surface area contributed by atoms with Gasteiger partial charge in [0.1, 0.15) is 5.54 Å². The SMILES string of the molecule is O=C(NC1(C(=O)O)CC1)[C@H]1CCCN1. The van der Waals surface area contributed by atoms with Crippen molar-refractivity contribution >= 4 is 11.9 Å². The van der Waals surface area contributed by atoms with Crippen LogP contribution in [0.2, 0.25) is 0 Å². The molecule has 0 aromatic rings. The first kappa shape index (κ1) is 9.45. The van der Waals surface area contributed by atoms with E-state index in [0.717, 1.165) is 19.4 Å². The first-order valence-electron chi connectivity index (χ1n) is 4.93. The molecule has 0 aromatic carbocycles. The Hall–Kier alpha value is -1.10. The number of aliphatic carboxylic acids is 1. The fourth-order valence-electron chi connectivity index (χ4n) is 1.75. The number of carbonyl (C=O) groups excluding carboxylic acids is 1. The van der Waals surface area contributed by atoms with Crippen molar-refractivity contribution < 1.29 is 14.7 Å².